The Kier molecular flexibility index (Phi) is 4.83. The van der Waals surface area contributed by atoms with Crippen LogP contribution >= 0.6 is 11.6 Å². The van der Waals surface area contributed by atoms with Crippen LogP contribution in [0.2, 0.25) is 0 Å². The number of ether oxygens (including phenoxy) is 2. The van der Waals surface area contributed by atoms with Gasteiger partial charge in [-0.2, -0.15) is 4.98 Å². The summed E-state index contributed by atoms with van der Waals surface area (Å²) >= 11 is 5.77. The fourth-order valence-corrected chi connectivity index (χ4v) is 2.17. The molecule has 0 aliphatic heterocycles. The first-order valence-corrected chi connectivity index (χ1v) is 7.75. The maximum atomic E-state index is 5.77. The third-order valence-corrected chi connectivity index (χ3v) is 3.58. The summed E-state index contributed by atoms with van der Waals surface area (Å²) in [4.78, 5) is 4.32. The van der Waals surface area contributed by atoms with Crippen LogP contribution in [-0.4, -0.2) is 4.98 Å². The van der Waals surface area contributed by atoms with E-state index in [1.54, 1.807) is 0 Å². The van der Waals surface area contributed by atoms with Crippen molar-refractivity contribution in [1.29, 1.82) is 0 Å². The number of aromatic nitrogens is 1. The third-order valence-electron chi connectivity index (χ3n) is 3.27. The lowest BCUT2D eigenvalue weighted by molar-refractivity contribution is 0.299. The van der Waals surface area contributed by atoms with Crippen molar-refractivity contribution in [2.45, 2.75) is 19.4 Å². The van der Waals surface area contributed by atoms with E-state index < -0.39 is 0 Å². The smallest absolute Gasteiger partial charge is 0.399 e. The molecule has 0 bridgehead atoms. The molecule has 0 aliphatic carbocycles. The zero-order chi connectivity index (χ0) is 16.1. The number of halogens is 1. The molecule has 2 aromatic carbocycles. The van der Waals surface area contributed by atoms with Gasteiger partial charge in [-0.05, 0) is 36.8 Å². The van der Waals surface area contributed by atoms with E-state index in [-0.39, 0.29) is 6.08 Å². The molecule has 1 aromatic heterocycles. The van der Waals surface area contributed by atoms with E-state index in [4.69, 9.17) is 25.5 Å². The number of para-hydroxylation sites is 1. The van der Waals surface area contributed by atoms with Crippen molar-refractivity contribution in [1.82, 2.24) is 4.98 Å². The highest BCUT2D eigenvalue weighted by molar-refractivity contribution is 6.17. The SMILES string of the molecule is Cc1oc(Oc2ccccc2)nc1COc1ccc(CCl)cc1. The summed E-state index contributed by atoms with van der Waals surface area (Å²) in [5, 5.41) is 0. The molecular formula is C18H16ClNO3. The standard InChI is InChI=1S/C18H16ClNO3/c1-13-17(12-21-15-9-7-14(11-19)8-10-15)20-18(22-13)23-16-5-3-2-4-6-16/h2-10H,11-12H2,1H3. The van der Waals surface area contributed by atoms with Crippen LogP contribution in [0.25, 0.3) is 0 Å². The quantitative estimate of drug-likeness (QED) is 0.591. The van der Waals surface area contributed by atoms with Crippen LogP contribution in [0.4, 0.5) is 0 Å². The first-order chi connectivity index (χ1) is 11.2. The van der Waals surface area contributed by atoms with Gasteiger partial charge < -0.3 is 13.9 Å². The highest BCUT2D eigenvalue weighted by Gasteiger charge is 2.12. The largest absolute Gasteiger partial charge is 0.487 e. The minimum atomic E-state index is 0.213. The predicted molar refractivity (Wildman–Crippen MR) is 88.1 cm³/mol. The second kappa shape index (κ2) is 7.20. The molecule has 0 unspecified atom stereocenters. The minimum absolute atomic E-state index is 0.213. The van der Waals surface area contributed by atoms with Gasteiger partial charge in [-0.25, -0.2) is 0 Å². The Morgan fingerprint density at radius 3 is 2.43 bits per heavy atom. The van der Waals surface area contributed by atoms with E-state index >= 15 is 0 Å². The molecule has 1 heterocycles. The van der Waals surface area contributed by atoms with Crippen molar-refractivity contribution in [3.05, 3.63) is 71.6 Å². The van der Waals surface area contributed by atoms with Crippen LogP contribution < -0.4 is 9.47 Å². The summed E-state index contributed by atoms with van der Waals surface area (Å²) in [6, 6.07) is 17.0. The van der Waals surface area contributed by atoms with Gasteiger partial charge in [0.15, 0.2) is 0 Å². The average molecular weight is 330 g/mol. The molecule has 0 saturated heterocycles. The lowest BCUT2D eigenvalue weighted by Gasteiger charge is -2.04. The van der Waals surface area contributed by atoms with Gasteiger partial charge in [-0.3, -0.25) is 0 Å². The molecule has 0 fully saturated rings. The number of alkyl halides is 1. The summed E-state index contributed by atoms with van der Waals surface area (Å²) in [7, 11) is 0. The number of aryl methyl sites for hydroxylation is 1. The Bertz CT molecular complexity index is 754. The Balaban J connectivity index is 1.64. The van der Waals surface area contributed by atoms with E-state index in [1.165, 1.54) is 0 Å². The van der Waals surface area contributed by atoms with Gasteiger partial charge in [-0.15, -0.1) is 11.6 Å². The molecule has 23 heavy (non-hydrogen) atoms. The lowest BCUT2D eigenvalue weighted by Crippen LogP contribution is -1.97. The molecule has 4 nitrogen and oxygen atoms in total. The summed E-state index contributed by atoms with van der Waals surface area (Å²) in [6.45, 7) is 2.15. The fourth-order valence-electron chi connectivity index (χ4n) is 1.99. The molecule has 0 amide bonds. The summed E-state index contributed by atoms with van der Waals surface area (Å²) in [5.74, 6) is 2.60. The molecule has 3 aromatic rings. The molecule has 0 N–H and O–H groups in total. The molecule has 0 aliphatic rings. The van der Waals surface area contributed by atoms with E-state index in [9.17, 15) is 0 Å². The van der Waals surface area contributed by atoms with Gasteiger partial charge in [0.2, 0.25) is 0 Å². The van der Waals surface area contributed by atoms with Crippen LogP contribution in [0, 0.1) is 6.92 Å². The van der Waals surface area contributed by atoms with Crippen LogP contribution in [0.15, 0.2) is 59.0 Å². The molecule has 3 rings (SSSR count). The van der Waals surface area contributed by atoms with Crippen molar-refractivity contribution in [2.75, 3.05) is 0 Å². The van der Waals surface area contributed by atoms with Gasteiger partial charge in [0.05, 0.1) is 0 Å². The number of benzene rings is 2. The van der Waals surface area contributed by atoms with Crippen LogP contribution in [0.3, 0.4) is 0 Å². The van der Waals surface area contributed by atoms with Crippen LogP contribution in [0.5, 0.6) is 17.6 Å². The van der Waals surface area contributed by atoms with E-state index in [0.29, 0.717) is 29.7 Å². The van der Waals surface area contributed by atoms with Gasteiger partial charge >= 0.3 is 6.08 Å². The minimum Gasteiger partial charge on any atom is -0.487 e. The molecule has 5 heteroatoms. The van der Waals surface area contributed by atoms with Crippen molar-refractivity contribution >= 4 is 11.6 Å². The number of rotatable bonds is 6. The number of nitrogens with zero attached hydrogens (tertiary/aromatic N) is 1. The molecule has 0 saturated carbocycles. The molecule has 0 atom stereocenters. The van der Waals surface area contributed by atoms with Crippen molar-refractivity contribution < 1.29 is 13.9 Å². The Morgan fingerprint density at radius 2 is 1.74 bits per heavy atom. The maximum Gasteiger partial charge on any atom is 0.399 e. The van der Waals surface area contributed by atoms with Gasteiger partial charge in [0.25, 0.3) is 0 Å². The van der Waals surface area contributed by atoms with Gasteiger partial charge in [0.1, 0.15) is 29.6 Å². The van der Waals surface area contributed by atoms with E-state index in [2.05, 4.69) is 4.98 Å². The third kappa shape index (κ3) is 4.05. The zero-order valence-corrected chi connectivity index (χ0v) is 13.4. The number of hydrogen-bond donors (Lipinski definition) is 0. The highest BCUT2D eigenvalue weighted by Crippen LogP contribution is 2.24. The second-order valence-electron chi connectivity index (χ2n) is 4.96. The first kappa shape index (κ1) is 15.4. The fraction of sp³-hybridized carbons (Fsp3) is 0.167. The van der Waals surface area contributed by atoms with Crippen LogP contribution in [0.1, 0.15) is 17.0 Å². The lowest BCUT2D eigenvalue weighted by atomic mass is 10.2. The van der Waals surface area contributed by atoms with Crippen LogP contribution in [-0.2, 0) is 12.5 Å². The summed E-state index contributed by atoms with van der Waals surface area (Å²) in [5.41, 5.74) is 1.76. The molecule has 0 spiro atoms. The first-order valence-electron chi connectivity index (χ1n) is 7.21. The maximum absolute atomic E-state index is 5.77. The second-order valence-corrected chi connectivity index (χ2v) is 5.23. The Morgan fingerprint density at radius 1 is 1.00 bits per heavy atom. The van der Waals surface area contributed by atoms with Crippen molar-refractivity contribution in [3.8, 4) is 17.6 Å². The topological polar surface area (TPSA) is 44.5 Å². The summed E-state index contributed by atoms with van der Waals surface area (Å²) in [6.07, 6.45) is 0.213. The number of hydrogen-bond acceptors (Lipinski definition) is 4. The highest BCUT2D eigenvalue weighted by atomic mass is 35.5. The Hall–Kier alpha value is -2.46. The van der Waals surface area contributed by atoms with E-state index in [0.717, 1.165) is 11.3 Å². The van der Waals surface area contributed by atoms with Gasteiger partial charge in [0, 0.05) is 5.88 Å². The monoisotopic (exact) mass is 329 g/mol. The predicted octanol–water partition coefficient (Wildman–Crippen LogP) is 5.09. The number of oxazole rings is 1. The van der Waals surface area contributed by atoms with Crippen molar-refractivity contribution in [3.63, 3.8) is 0 Å². The van der Waals surface area contributed by atoms with E-state index in [1.807, 2.05) is 61.5 Å². The molecule has 118 valence electrons. The normalized spacial score (nSPS) is 10.5. The summed E-state index contributed by atoms with van der Waals surface area (Å²) < 4.78 is 16.8. The molecular weight excluding hydrogens is 314 g/mol. The molecule has 0 radical (unpaired) electrons. The van der Waals surface area contributed by atoms with Crippen molar-refractivity contribution in [2.24, 2.45) is 0 Å². The van der Waals surface area contributed by atoms with Gasteiger partial charge in [-0.1, -0.05) is 30.3 Å². The zero-order valence-electron chi connectivity index (χ0n) is 12.7. The Labute approximate surface area is 139 Å². The average Bonchev–Trinajstić information content (AvgIpc) is 2.94.